The van der Waals surface area contributed by atoms with Crippen molar-refractivity contribution in [2.45, 2.75) is 45.2 Å². The van der Waals surface area contributed by atoms with Crippen molar-refractivity contribution >= 4 is 34.0 Å². The first-order valence-electron chi connectivity index (χ1n) is 15.4. The van der Waals surface area contributed by atoms with Gasteiger partial charge in [-0.15, -0.1) is 0 Å². The number of hydrogen-bond acceptors (Lipinski definition) is 9. The number of nitrogens with zero attached hydrogens (tertiary/aromatic N) is 5. The van der Waals surface area contributed by atoms with Crippen LogP contribution >= 0.6 is 11.3 Å². The van der Waals surface area contributed by atoms with Crippen LogP contribution in [0.2, 0.25) is 0 Å². The largest absolute Gasteiger partial charge is 0.492 e. The van der Waals surface area contributed by atoms with Gasteiger partial charge in [0.15, 0.2) is 11.6 Å². The number of thiophene rings is 1. The first-order valence-corrected chi connectivity index (χ1v) is 16.2. The van der Waals surface area contributed by atoms with Gasteiger partial charge < -0.3 is 18.6 Å². The Morgan fingerprint density at radius 1 is 0.809 bits per heavy atom. The van der Waals surface area contributed by atoms with Gasteiger partial charge in [0.25, 0.3) is 0 Å². The number of ether oxygens (including phenoxy) is 2. The number of aryl methyl sites for hydroxylation is 2. The first-order chi connectivity index (χ1) is 22.9. The zero-order valence-electron chi connectivity index (χ0n) is 25.6. The van der Waals surface area contributed by atoms with Crippen LogP contribution in [0.5, 0.6) is 11.5 Å². The van der Waals surface area contributed by atoms with E-state index in [4.69, 9.17) is 9.47 Å². The van der Waals surface area contributed by atoms with E-state index in [0.717, 1.165) is 70.2 Å². The maximum Gasteiger partial charge on any atom is 0.324 e. The molecule has 2 aliphatic rings. The van der Waals surface area contributed by atoms with Crippen LogP contribution in [0.1, 0.15) is 56.0 Å². The van der Waals surface area contributed by atoms with Gasteiger partial charge in [0, 0.05) is 58.9 Å². The fraction of sp³-hybridized carbons (Fsp3) is 0.257. The van der Waals surface area contributed by atoms with Gasteiger partial charge in [-0.25, -0.2) is 9.97 Å². The molecule has 0 amide bonds. The van der Waals surface area contributed by atoms with Gasteiger partial charge in [-0.3, -0.25) is 19.7 Å². The van der Waals surface area contributed by atoms with Crippen molar-refractivity contribution in [3.63, 3.8) is 0 Å². The highest BCUT2D eigenvalue weighted by atomic mass is 32.1. The highest BCUT2D eigenvalue weighted by Crippen LogP contribution is 2.32. The van der Waals surface area contributed by atoms with Crippen LogP contribution < -0.4 is 9.47 Å². The summed E-state index contributed by atoms with van der Waals surface area (Å²) in [5.74, 6) is 1.81. The lowest BCUT2D eigenvalue weighted by Crippen LogP contribution is -2.14. The van der Waals surface area contributed by atoms with Gasteiger partial charge >= 0.3 is 5.00 Å². The van der Waals surface area contributed by atoms with Crippen LogP contribution in [0.15, 0.2) is 91.5 Å². The van der Waals surface area contributed by atoms with Crippen LogP contribution in [0.25, 0.3) is 6.08 Å². The van der Waals surface area contributed by atoms with Crippen molar-refractivity contribution in [3.8, 4) is 11.5 Å². The Kier molecular flexibility index (Phi) is 9.97. The molecule has 11 nitrogen and oxygen atoms in total. The van der Waals surface area contributed by atoms with Crippen molar-refractivity contribution in [1.82, 2.24) is 19.1 Å². The van der Waals surface area contributed by atoms with Crippen LogP contribution in [0.3, 0.4) is 0 Å². The molecule has 0 bridgehead atoms. The lowest BCUT2D eigenvalue weighted by Gasteiger charge is -2.18. The topological polar surface area (TPSA) is 131 Å². The number of aromatic nitrogens is 4. The van der Waals surface area contributed by atoms with E-state index in [9.17, 15) is 19.7 Å². The minimum absolute atomic E-state index is 0.0257. The predicted molar refractivity (Wildman–Crippen MR) is 177 cm³/mol. The molecule has 0 N–H and O–H groups in total. The summed E-state index contributed by atoms with van der Waals surface area (Å²) in [5, 5.41) is 10.9. The third-order valence-corrected chi connectivity index (χ3v) is 8.95. The van der Waals surface area contributed by atoms with Crippen molar-refractivity contribution in [2.75, 3.05) is 13.2 Å². The molecule has 0 aliphatic heterocycles. The van der Waals surface area contributed by atoms with E-state index in [1.165, 1.54) is 6.07 Å². The van der Waals surface area contributed by atoms with Crippen molar-refractivity contribution in [1.29, 1.82) is 0 Å². The molecule has 2 aromatic carbocycles. The molecule has 3 heterocycles. The Labute approximate surface area is 275 Å². The van der Waals surface area contributed by atoms with Gasteiger partial charge in [0.2, 0.25) is 0 Å². The molecule has 0 atom stereocenters. The zero-order valence-corrected chi connectivity index (χ0v) is 26.4. The van der Waals surface area contributed by atoms with E-state index in [0.29, 0.717) is 43.7 Å². The first kappa shape index (κ1) is 31.6. The summed E-state index contributed by atoms with van der Waals surface area (Å²) >= 11 is 1.07. The van der Waals surface area contributed by atoms with E-state index >= 15 is 0 Å². The number of carbonyl (C=O) groups is 2. The van der Waals surface area contributed by atoms with E-state index in [1.54, 1.807) is 43.3 Å². The number of carbonyl (C=O) groups excluding carboxylic acids is 2. The summed E-state index contributed by atoms with van der Waals surface area (Å²) in [5.41, 5.74) is 4.31. The van der Waals surface area contributed by atoms with E-state index < -0.39 is 4.92 Å². The number of hydrogen-bond donors (Lipinski definition) is 0. The molecule has 2 aliphatic carbocycles. The van der Waals surface area contributed by atoms with Gasteiger partial charge in [-0.2, -0.15) is 0 Å². The van der Waals surface area contributed by atoms with Gasteiger partial charge in [0.05, 0.1) is 30.7 Å². The summed E-state index contributed by atoms with van der Waals surface area (Å²) in [6.45, 7) is 2.60. The number of nitro groups is 1. The standard InChI is InChI=1S/C20H17N3O4S.C15H16N2O2/c24-20-15(12-17-4-6-19(28-17)23(25)26)2-1-14-11-16(3-5-18(14)20)27-10-9-22-8-7-21-13-22;18-15-3-1-2-12-10-13(4-5-14(12)15)19-9-8-17-7-6-16-11-17/h3-8,11-13H,1-2,9-10H2;4-7,10-11H,1-3,8-9H2. The average Bonchev–Trinajstić information content (AvgIpc) is 3.87. The minimum atomic E-state index is -0.418. The molecule has 0 saturated carbocycles. The smallest absolute Gasteiger partial charge is 0.324 e. The lowest BCUT2D eigenvalue weighted by atomic mass is 9.86. The predicted octanol–water partition coefficient (Wildman–Crippen LogP) is 6.63. The van der Waals surface area contributed by atoms with E-state index in [-0.39, 0.29) is 16.6 Å². The molecule has 3 aromatic heterocycles. The van der Waals surface area contributed by atoms with Gasteiger partial charge in [-0.1, -0.05) is 11.3 Å². The van der Waals surface area contributed by atoms with Crippen LogP contribution in [0.4, 0.5) is 5.00 Å². The maximum atomic E-state index is 12.8. The van der Waals surface area contributed by atoms with Crippen molar-refractivity contribution in [2.24, 2.45) is 0 Å². The number of ketones is 2. The number of allylic oxidation sites excluding steroid dienone is 1. The number of Topliss-reactive ketones (excluding diaryl/α,β-unsaturated/α-hetero) is 2. The third kappa shape index (κ3) is 8.08. The normalized spacial score (nSPS) is 14.6. The van der Waals surface area contributed by atoms with Crippen molar-refractivity contribution < 1.29 is 24.0 Å². The fourth-order valence-electron chi connectivity index (χ4n) is 5.56. The monoisotopic (exact) mass is 651 g/mol. The lowest BCUT2D eigenvalue weighted by molar-refractivity contribution is -0.380. The Bertz CT molecular complexity index is 1890. The number of rotatable bonds is 10. The second-order valence-electron chi connectivity index (χ2n) is 11.1. The summed E-state index contributed by atoms with van der Waals surface area (Å²) in [4.78, 5) is 43.6. The van der Waals surface area contributed by atoms with E-state index in [1.807, 2.05) is 51.9 Å². The summed E-state index contributed by atoms with van der Waals surface area (Å²) in [6, 6.07) is 14.5. The maximum absolute atomic E-state index is 12.8. The molecule has 5 aromatic rings. The van der Waals surface area contributed by atoms with Crippen molar-refractivity contribution in [3.05, 3.63) is 129 Å². The van der Waals surface area contributed by atoms with Crippen LogP contribution in [-0.2, 0) is 25.9 Å². The highest BCUT2D eigenvalue weighted by molar-refractivity contribution is 7.16. The van der Waals surface area contributed by atoms with Gasteiger partial charge in [0.1, 0.15) is 24.7 Å². The molecule has 47 heavy (non-hydrogen) atoms. The Morgan fingerprint density at radius 2 is 1.45 bits per heavy atom. The number of benzene rings is 2. The highest BCUT2D eigenvalue weighted by Gasteiger charge is 2.23. The molecule has 0 saturated heterocycles. The summed E-state index contributed by atoms with van der Waals surface area (Å²) in [7, 11) is 0. The second-order valence-corrected chi connectivity index (χ2v) is 12.2. The molecule has 0 unspecified atom stereocenters. The van der Waals surface area contributed by atoms with Crippen LogP contribution in [0, 0.1) is 10.1 Å². The number of fused-ring (bicyclic) bond motifs is 2. The molecule has 7 rings (SSSR count). The third-order valence-electron chi connectivity index (χ3n) is 7.97. The number of imidazole rings is 2. The van der Waals surface area contributed by atoms with E-state index in [2.05, 4.69) is 9.97 Å². The SMILES string of the molecule is O=C1C(=Cc2ccc([N+](=O)[O-])s2)CCc2cc(OCCn3ccnc3)ccc21.O=C1CCCc2cc(OCCn3ccnc3)ccc21. The molecule has 0 fully saturated rings. The quantitative estimate of drug-likeness (QED) is 0.0935. The molecule has 240 valence electrons. The molecular weight excluding hydrogens is 618 g/mol. The second kappa shape index (κ2) is 14.8. The van der Waals surface area contributed by atoms with Crippen LogP contribution in [-0.4, -0.2) is 48.8 Å². The Morgan fingerprint density at radius 3 is 2.04 bits per heavy atom. The Hall–Kier alpha value is -5.36. The Balaban J connectivity index is 0.000000177. The zero-order chi connectivity index (χ0) is 32.6. The molecule has 0 spiro atoms. The summed E-state index contributed by atoms with van der Waals surface area (Å²) < 4.78 is 15.4. The summed E-state index contributed by atoms with van der Waals surface area (Å²) in [6.07, 6.45) is 16.5. The molecule has 0 radical (unpaired) electrons. The molecule has 12 heteroatoms. The average molecular weight is 652 g/mol. The fourth-order valence-corrected chi connectivity index (χ4v) is 6.35. The minimum Gasteiger partial charge on any atom is -0.492 e. The molecular formula is C35H33N5O6S. The van der Waals surface area contributed by atoms with Gasteiger partial charge in [-0.05, 0) is 85.4 Å².